The molecule has 1 aliphatic carbocycles. The quantitative estimate of drug-likeness (QED) is 0.152. The predicted molar refractivity (Wildman–Crippen MR) is 314 cm³/mol. The van der Waals surface area contributed by atoms with Gasteiger partial charge in [-0.3, -0.25) is 0 Å². The molecule has 75 heavy (non-hydrogen) atoms. The van der Waals surface area contributed by atoms with Crippen LogP contribution in [0.15, 0.2) is 264 Å². The fraction of sp³-hybridized carbons (Fsp3) is 0.0423. The first-order valence-electron chi connectivity index (χ1n) is 25.8. The molecule has 0 amide bonds. The van der Waals surface area contributed by atoms with Gasteiger partial charge in [0, 0.05) is 48.9 Å². The van der Waals surface area contributed by atoms with E-state index in [1.54, 1.807) is 0 Å². The van der Waals surface area contributed by atoms with E-state index in [1.807, 2.05) is 0 Å². The molecular formula is C71H48N2O2. The van der Waals surface area contributed by atoms with Crippen LogP contribution in [0.2, 0.25) is 0 Å². The lowest BCUT2D eigenvalue weighted by Gasteiger charge is -2.31. The number of anilines is 6. The minimum Gasteiger partial charge on any atom is -0.454 e. The van der Waals surface area contributed by atoms with Crippen LogP contribution in [0.3, 0.4) is 0 Å². The molecule has 0 bridgehead atoms. The highest BCUT2D eigenvalue weighted by Crippen LogP contribution is 2.60. The summed E-state index contributed by atoms with van der Waals surface area (Å²) in [6.07, 6.45) is 0. The van der Waals surface area contributed by atoms with E-state index in [1.165, 1.54) is 33.0 Å². The maximum atomic E-state index is 6.94. The molecule has 0 unspecified atom stereocenters. The van der Waals surface area contributed by atoms with Gasteiger partial charge in [0.1, 0.15) is 11.2 Å². The molecule has 0 saturated heterocycles. The number of hydrogen-bond donors (Lipinski definition) is 0. The van der Waals surface area contributed by atoms with E-state index in [0.717, 1.165) is 111 Å². The van der Waals surface area contributed by atoms with Crippen LogP contribution in [0.1, 0.15) is 25.0 Å². The van der Waals surface area contributed by atoms with Gasteiger partial charge in [-0.2, -0.15) is 0 Å². The average Bonchev–Trinajstić information content (AvgIpc) is 4.28. The van der Waals surface area contributed by atoms with Gasteiger partial charge in [0.2, 0.25) is 0 Å². The molecule has 1 aliphatic rings. The van der Waals surface area contributed by atoms with Crippen LogP contribution >= 0.6 is 0 Å². The Morgan fingerprint density at radius 2 is 0.680 bits per heavy atom. The number of hydrogen-bond acceptors (Lipinski definition) is 4. The third kappa shape index (κ3) is 6.49. The molecule has 0 N–H and O–H groups in total. The Morgan fingerprint density at radius 3 is 1.21 bits per heavy atom. The van der Waals surface area contributed by atoms with E-state index in [9.17, 15) is 0 Å². The van der Waals surface area contributed by atoms with Crippen molar-refractivity contribution in [3.63, 3.8) is 0 Å². The zero-order valence-corrected chi connectivity index (χ0v) is 41.5. The van der Waals surface area contributed by atoms with Gasteiger partial charge in [0.25, 0.3) is 0 Å². The van der Waals surface area contributed by atoms with Gasteiger partial charge in [0.05, 0.1) is 34.1 Å². The lowest BCUT2D eigenvalue weighted by atomic mass is 9.79. The standard InChI is InChI=1S/C71H48N2O2/c1-71(2)58-44-64(73(60-38-18-14-28-48(60)46-25-7-4-8-26-46)62-40-22-36-56-52-32-16-20-42-66(52)75-70(56)62)49-29-9-11-33-53(49)67(58)57-43-63(50-30-10-12-34-54(50)68(57)71)72(59-37-17-13-27-47(59)45-23-5-3-6-24-45)61-39-21-35-55-51-31-15-19-41-65(51)74-69(55)61/h3-44H,1-2H3. The molecule has 2 heterocycles. The smallest absolute Gasteiger partial charge is 0.159 e. The molecule has 14 aromatic rings. The van der Waals surface area contributed by atoms with E-state index in [2.05, 4.69) is 278 Å². The first kappa shape index (κ1) is 43.0. The summed E-state index contributed by atoms with van der Waals surface area (Å²) in [7, 11) is 0. The van der Waals surface area contributed by atoms with Crippen molar-refractivity contribution in [3.8, 4) is 33.4 Å². The monoisotopic (exact) mass is 960 g/mol. The Bertz CT molecular complexity index is 4580. The molecule has 4 heteroatoms. The second-order valence-corrected chi connectivity index (χ2v) is 20.3. The van der Waals surface area contributed by atoms with Crippen LogP contribution in [-0.2, 0) is 5.41 Å². The Balaban J connectivity index is 1.04. The Morgan fingerprint density at radius 1 is 0.293 bits per heavy atom. The van der Waals surface area contributed by atoms with Crippen LogP contribution in [0.5, 0.6) is 0 Å². The lowest BCUT2D eigenvalue weighted by Crippen LogP contribution is -2.18. The van der Waals surface area contributed by atoms with Gasteiger partial charge in [-0.15, -0.1) is 0 Å². The third-order valence-electron chi connectivity index (χ3n) is 15.8. The normalized spacial score (nSPS) is 12.8. The van der Waals surface area contributed by atoms with Crippen LogP contribution in [-0.4, -0.2) is 0 Å². The fourth-order valence-electron chi connectivity index (χ4n) is 12.5. The highest BCUT2D eigenvalue weighted by Gasteiger charge is 2.41. The average molecular weight is 961 g/mol. The van der Waals surface area contributed by atoms with Crippen LogP contribution in [0, 0.1) is 0 Å². The van der Waals surface area contributed by atoms with Gasteiger partial charge >= 0.3 is 0 Å². The molecule has 15 rings (SSSR count). The van der Waals surface area contributed by atoms with Crippen LogP contribution < -0.4 is 9.80 Å². The first-order chi connectivity index (χ1) is 37.0. The minimum absolute atomic E-state index is 0.427. The highest BCUT2D eigenvalue weighted by atomic mass is 16.3. The van der Waals surface area contributed by atoms with Gasteiger partial charge < -0.3 is 18.6 Å². The van der Waals surface area contributed by atoms with E-state index >= 15 is 0 Å². The molecule has 12 aromatic carbocycles. The van der Waals surface area contributed by atoms with Gasteiger partial charge in [-0.25, -0.2) is 0 Å². The summed E-state index contributed by atoms with van der Waals surface area (Å²) in [5.74, 6) is 0. The van der Waals surface area contributed by atoms with Crippen molar-refractivity contribution < 1.29 is 8.83 Å². The first-order valence-corrected chi connectivity index (χ1v) is 25.8. The molecular weight excluding hydrogens is 913 g/mol. The van der Waals surface area contributed by atoms with Crippen LogP contribution in [0.4, 0.5) is 34.1 Å². The number of rotatable bonds is 8. The second-order valence-electron chi connectivity index (χ2n) is 20.3. The summed E-state index contributed by atoms with van der Waals surface area (Å²) in [5.41, 5.74) is 18.8. The fourth-order valence-corrected chi connectivity index (χ4v) is 12.5. The molecule has 0 saturated carbocycles. The summed E-state index contributed by atoms with van der Waals surface area (Å²) in [4.78, 5) is 4.93. The van der Waals surface area contributed by atoms with Crippen molar-refractivity contribution >= 4 is 99.5 Å². The van der Waals surface area contributed by atoms with Crippen molar-refractivity contribution in [1.82, 2.24) is 0 Å². The zero-order valence-electron chi connectivity index (χ0n) is 41.5. The molecule has 0 atom stereocenters. The van der Waals surface area contributed by atoms with E-state index in [0.29, 0.717) is 0 Å². The zero-order chi connectivity index (χ0) is 49.8. The van der Waals surface area contributed by atoms with Crippen molar-refractivity contribution in [3.05, 3.63) is 266 Å². The van der Waals surface area contributed by atoms with E-state index in [-0.39, 0.29) is 0 Å². The number of benzene rings is 12. The summed E-state index contributed by atoms with van der Waals surface area (Å²) < 4.78 is 13.9. The Hall–Kier alpha value is -9.64. The molecule has 0 spiro atoms. The van der Waals surface area contributed by atoms with Gasteiger partial charge in [-0.1, -0.05) is 220 Å². The van der Waals surface area contributed by atoms with Crippen LogP contribution in [0.25, 0.3) is 98.8 Å². The molecule has 4 nitrogen and oxygen atoms in total. The maximum Gasteiger partial charge on any atom is 0.159 e. The minimum atomic E-state index is -0.427. The summed E-state index contributed by atoms with van der Waals surface area (Å²) in [6.45, 7) is 4.84. The number of fused-ring (bicyclic) bond motifs is 13. The number of nitrogens with zero attached hydrogens (tertiary/aromatic N) is 2. The predicted octanol–water partition coefficient (Wildman–Crippen LogP) is 20.4. The SMILES string of the molecule is CC1(C)c2cc(N(c3ccccc3-c3ccccc3)c3cccc4c3oc3ccccc34)c3ccccc3c2-c2cc(N(c3ccccc3-c3ccccc3)c3cccc4c3oc3ccccc34)c3ccccc3c21. The number of para-hydroxylation sites is 6. The third-order valence-corrected chi connectivity index (χ3v) is 15.8. The molecule has 0 radical (unpaired) electrons. The summed E-state index contributed by atoms with van der Waals surface area (Å²) in [6, 6.07) is 92.0. The van der Waals surface area contributed by atoms with Gasteiger partial charge in [0.15, 0.2) is 11.2 Å². The summed E-state index contributed by atoms with van der Waals surface area (Å²) >= 11 is 0. The molecule has 0 fully saturated rings. The highest BCUT2D eigenvalue weighted by molar-refractivity contribution is 6.18. The van der Waals surface area contributed by atoms with Crippen molar-refractivity contribution in [1.29, 1.82) is 0 Å². The summed E-state index contributed by atoms with van der Waals surface area (Å²) in [5, 5.41) is 9.06. The molecule has 2 aromatic heterocycles. The van der Waals surface area contributed by atoms with Crippen molar-refractivity contribution in [2.45, 2.75) is 19.3 Å². The maximum absolute atomic E-state index is 6.94. The van der Waals surface area contributed by atoms with E-state index < -0.39 is 5.41 Å². The Labute approximate surface area is 434 Å². The van der Waals surface area contributed by atoms with E-state index in [4.69, 9.17) is 8.83 Å². The number of furan rings is 2. The van der Waals surface area contributed by atoms with Crippen molar-refractivity contribution in [2.24, 2.45) is 0 Å². The molecule has 354 valence electrons. The second kappa shape index (κ2) is 16.7. The largest absolute Gasteiger partial charge is 0.454 e. The topological polar surface area (TPSA) is 32.8 Å². The molecule has 0 aliphatic heterocycles. The Kier molecular flexibility index (Phi) is 9.58. The van der Waals surface area contributed by atoms with Gasteiger partial charge in [-0.05, 0) is 92.7 Å². The van der Waals surface area contributed by atoms with Crippen molar-refractivity contribution in [2.75, 3.05) is 9.80 Å². The lowest BCUT2D eigenvalue weighted by molar-refractivity contribution is 0.666.